The molecule has 104 valence electrons. The number of aromatic nitrogens is 1. The van der Waals surface area contributed by atoms with Gasteiger partial charge in [-0.1, -0.05) is 11.6 Å². The van der Waals surface area contributed by atoms with E-state index in [1.807, 2.05) is 0 Å². The maximum absolute atomic E-state index is 10.5. The van der Waals surface area contributed by atoms with Crippen LogP contribution >= 0.6 is 11.6 Å². The first kappa shape index (κ1) is 12.0. The third-order valence-electron chi connectivity index (χ3n) is 4.63. The van der Waals surface area contributed by atoms with E-state index in [0.717, 1.165) is 30.4 Å². The molecule has 0 radical (unpaired) electrons. The largest absolute Gasteiger partial charge is 0.506 e. The summed E-state index contributed by atoms with van der Waals surface area (Å²) < 4.78 is 1.42. The predicted octanol–water partition coefficient (Wildman–Crippen LogP) is 3.61. The van der Waals surface area contributed by atoms with E-state index >= 15 is 0 Å². The summed E-state index contributed by atoms with van der Waals surface area (Å²) in [6.07, 6.45) is 3.18. The van der Waals surface area contributed by atoms with Gasteiger partial charge in [0.2, 0.25) is 11.8 Å². The smallest absolute Gasteiger partial charge is 0.202 e. The number of hydrogen-bond donors (Lipinski definition) is 3. The van der Waals surface area contributed by atoms with Crippen molar-refractivity contribution in [2.75, 3.05) is 0 Å². The first-order valence-electron chi connectivity index (χ1n) is 6.73. The number of aromatic hydroxyl groups is 3. The van der Waals surface area contributed by atoms with Crippen LogP contribution in [0.15, 0.2) is 18.2 Å². The Morgan fingerprint density at radius 3 is 2.15 bits per heavy atom. The average molecular weight is 292 g/mol. The van der Waals surface area contributed by atoms with Crippen LogP contribution < -0.4 is 0 Å². The highest BCUT2D eigenvalue weighted by atomic mass is 35.5. The molecular formula is C15H14ClNO3. The van der Waals surface area contributed by atoms with Crippen LogP contribution in [-0.2, 0) is 0 Å². The number of phenols is 1. The monoisotopic (exact) mass is 291 g/mol. The Hall–Kier alpha value is -1.81. The molecular weight excluding hydrogens is 278 g/mol. The molecule has 0 amide bonds. The van der Waals surface area contributed by atoms with Crippen molar-refractivity contribution in [3.8, 4) is 23.2 Å². The van der Waals surface area contributed by atoms with Crippen LogP contribution in [0.3, 0.4) is 0 Å². The fraction of sp³-hybridized carbons (Fsp3) is 0.333. The fourth-order valence-corrected chi connectivity index (χ4v) is 3.95. The summed E-state index contributed by atoms with van der Waals surface area (Å²) in [4.78, 5) is 0. The number of phenolic OH excluding ortho intramolecular Hbond substituents is 1. The molecule has 20 heavy (non-hydrogen) atoms. The summed E-state index contributed by atoms with van der Waals surface area (Å²) in [6, 6.07) is 4.61. The molecule has 2 atom stereocenters. The quantitative estimate of drug-likeness (QED) is 0.752. The summed E-state index contributed by atoms with van der Waals surface area (Å²) in [5.74, 6) is 0.900. The van der Waals surface area contributed by atoms with Gasteiger partial charge in [-0.2, -0.15) is 0 Å². The van der Waals surface area contributed by atoms with Crippen LogP contribution in [0, 0.1) is 0 Å². The molecule has 5 heteroatoms. The average Bonchev–Trinajstić information content (AvgIpc) is 3.08. The number of nitrogens with zero attached hydrogens (tertiary/aromatic N) is 1. The van der Waals surface area contributed by atoms with Crippen LogP contribution in [-0.4, -0.2) is 19.9 Å². The van der Waals surface area contributed by atoms with E-state index in [0.29, 0.717) is 17.5 Å². The Labute approximate surface area is 120 Å². The van der Waals surface area contributed by atoms with E-state index < -0.39 is 0 Å². The number of halogens is 1. The molecule has 4 nitrogen and oxygen atoms in total. The van der Waals surface area contributed by atoms with Crippen LogP contribution in [0.25, 0.3) is 5.69 Å². The molecule has 0 unspecified atom stereocenters. The van der Waals surface area contributed by atoms with Crippen molar-refractivity contribution < 1.29 is 15.3 Å². The van der Waals surface area contributed by atoms with Crippen molar-refractivity contribution in [2.45, 2.75) is 31.1 Å². The van der Waals surface area contributed by atoms with Gasteiger partial charge in [-0.15, -0.1) is 0 Å². The minimum atomic E-state index is -0.0193. The molecule has 0 saturated heterocycles. The van der Waals surface area contributed by atoms with Crippen molar-refractivity contribution >= 4 is 11.6 Å². The van der Waals surface area contributed by atoms with E-state index in [1.54, 1.807) is 6.07 Å². The minimum Gasteiger partial charge on any atom is -0.506 e. The molecule has 1 aromatic heterocycles. The van der Waals surface area contributed by atoms with Crippen LogP contribution in [0.2, 0.25) is 5.02 Å². The lowest BCUT2D eigenvalue weighted by molar-refractivity contribution is 0.394. The molecule has 0 spiro atoms. The zero-order valence-electron chi connectivity index (χ0n) is 10.7. The molecule has 1 aromatic carbocycles. The van der Waals surface area contributed by atoms with Crippen molar-refractivity contribution in [3.63, 3.8) is 0 Å². The maximum atomic E-state index is 10.5. The molecule has 4 rings (SSSR count). The van der Waals surface area contributed by atoms with Gasteiger partial charge in [0.15, 0.2) is 0 Å². The van der Waals surface area contributed by atoms with Gasteiger partial charge in [-0.25, -0.2) is 0 Å². The number of rotatable bonds is 1. The highest BCUT2D eigenvalue weighted by Gasteiger charge is 2.44. The van der Waals surface area contributed by atoms with E-state index in [4.69, 9.17) is 11.6 Å². The first-order valence-corrected chi connectivity index (χ1v) is 7.11. The van der Waals surface area contributed by atoms with Crippen LogP contribution in [0.1, 0.15) is 42.2 Å². The van der Waals surface area contributed by atoms with Gasteiger partial charge in [0.25, 0.3) is 0 Å². The van der Waals surface area contributed by atoms with E-state index in [1.165, 1.54) is 16.7 Å². The second-order valence-corrected chi connectivity index (χ2v) is 6.06. The molecule has 1 fully saturated rings. The molecule has 0 aliphatic heterocycles. The van der Waals surface area contributed by atoms with E-state index in [-0.39, 0.29) is 22.5 Å². The third-order valence-corrected chi connectivity index (χ3v) is 4.94. The van der Waals surface area contributed by atoms with Crippen molar-refractivity contribution in [2.24, 2.45) is 0 Å². The number of hydrogen-bond acceptors (Lipinski definition) is 3. The van der Waals surface area contributed by atoms with E-state index in [2.05, 4.69) is 0 Å². The van der Waals surface area contributed by atoms with Gasteiger partial charge in [0.1, 0.15) is 5.75 Å². The van der Waals surface area contributed by atoms with Gasteiger partial charge in [0, 0.05) is 11.1 Å². The minimum absolute atomic E-state index is 0.0193. The predicted molar refractivity (Wildman–Crippen MR) is 75.1 cm³/mol. The zero-order valence-corrected chi connectivity index (χ0v) is 11.4. The Balaban J connectivity index is 1.94. The summed E-state index contributed by atoms with van der Waals surface area (Å²) in [5.41, 5.74) is 2.34. The topological polar surface area (TPSA) is 65.6 Å². The Bertz CT molecular complexity index is 689. The lowest BCUT2D eigenvalue weighted by Crippen LogP contribution is -1.95. The molecule has 3 N–H and O–H groups in total. The lowest BCUT2D eigenvalue weighted by atomic mass is 9.95. The lowest BCUT2D eigenvalue weighted by Gasteiger charge is -2.10. The summed E-state index contributed by atoms with van der Waals surface area (Å²) in [7, 11) is 0. The molecule has 1 heterocycles. The van der Waals surface area contributed by atoms with Gasteiger partial charge >= 0.3 is 0 Å². The Morgan fingerprint density at radius 1 is 1.00 bits per heavy atom. The highest BCUT2D eigenvalue weighted by molar-refractivity contribution is 6.32. The second-order valence-electron chi connectivity index (χ2n) is 5.65. The molecule has 2 aliphatic carbocycles. The Kier molecular flexibility index (Phi) is 2.31. The van der Waals surface area contributed by atoms with Crippen molar-refractivity contribution in [3.05, 3.63) is 34.3 Å². The molecule has 2 bridgehead atoms. The number of fused-ring (bicyclic) bond motifs is 5. The number of benzene rings is 1. The van der Waals surface area contributed by atoms with Crippen molar-refractivity contribution in [1.82, 2.24) is 4.57 Å². The van der Waals surface area contributed by atoms with E-state index in [9.17, 15) is 15.3 Å². The fourth-order valence-electron chi connectivity index (χ4n) is 3.77. The highest BCUT2D eigenvalue weighted by Crippen LogP contribution is 2.60. The maximum Gasteiger partial charge on any atom is 0.202 e. The normalized spacial score (nSPS) is 23.2. The van der Waals surface area contributed by atoms with Gasteiger partial charge < -0.3 is 15.3 Å². The zero-order chi connectivity index (χ0) is 14.0. The molecule has 2 aromatic rings. The van der Waals surface area contributed by atoms with Gasteiger partial charge in [-0.3, -0.25) is 4.57 Å². The SMILES string of the molecule is Oc1ccc(-n2c(O)c3c(c2O)[C@H]2CC[C@@H]3C2)cc1Cl. The summed E-state index contributed by atoms with van der Waals surface area (Å²) >= 11 is 5.91. The first-order chi connectivity index (χ1) is 9.58. The van der Waals surface area contributed by atoms with Gasteiger partial charge in [0.05, 0.1) is 10.7 Å². The van der Waals surface area contributed by atoms with Crippen molar-refractivity contribution in [1.29, 1.82) is 0 Å². The summed E-state index contributed by atoms with van der Waals surface area (Å²) in [6.45, 7) is 0. The second kappa shape index (κ2) is 3.85. The van der Waals surface area contributed by atoms with Crippen LogP contribution in [0.5, 0.6) is 17.5 Å². The van der Waals surface area contributed by atoms with Gasteiger partial charge in [-0.05, 0) is 49.3 Å². The molecule has 1 saturated carbocycles. The standard InChI is InChI=1S/C15H14ClNO3/c16-10-6-9(3-4-11(10)18)17-14(19)12-7-1-2-8(5-7)13(12)15(17)20/h3-4,6-8,18-20H,1-2,5H2/t7-,8+. The summed E-state index contributed by atoms with van der Waals surface area (Å²) in [5, 5.41) is 30.6. The molecule has 2 aliphatic rings. The van der Waals surface area contributed by atoms with Crippen LogP contribution in [0.4, 0.5) is 0 Å². The Morgan fingerprint density at radius 2 is 1.60 bits per heavy atom. The third kappa shape index (κ3) is 1.37.